The molecule has 4 aromatic rings. The molecule has 2 nitrogen and oxygen atoms in total. The Hall–Kier alpha value is -3.22. The maximum atomic E-state index is 13.3. The van der Waals surface area contributed by atoms with E-state index < -0.39 is 17.8 Å². The Morgan fingerprint density at radius 1 is 0.567 bits per heavy atom. The number of carbonyl (C=O) groups is 1. The zero-order valence-electron chi connectivity index (χ0n) is 16.7. The molecule has 2 heterocycles. The largest absolute Gasteiger partial charge is 0.363 e. The van der Waals surface area contributed by atoms with Crippen molar-refractivity contribution < 1.29 is 4.79 Å². The van der Waals surface area contributed by atoms with Crippen LogP contribution in [0.4, 0.5) is 11.4 Å². The van der Waals surface area contributed by atoms with E-state index in [1.807, 2.05) is 24.3 Å². The minimum absolute atomic E-state index is 0.159. The summed E-state index contributed by atoms with van der Waals surface area (Å²) in [4.78, 5) is 13.3. The summed E-state index contributed by atoms with van der Waals surface area (Å²) in [5.74, 6) is 0.159. The van der Waals surface area contributed by atoms with Gasteiger partial charge in [-0.1, -0.05) is 91.5 Å². The number of benzene rings is 4. The Balaban J connectivity index is 1.69. The van der Waals surface area contributed by atoms with Crippen molar-refractivity contribution in [2.24, 2.45) is 0 Å². The Morgan fingerprint density at radius 2 is 0.967 bits per heavy atom. The van der Waals surface area contributed by atoms with Crippen LogP contribution in [-0.4, -0.2) is 23.5 Å². The molecule has 0 radical (unpaired) electrons. The van der Waals surface area contributed by atoms with E-state index >= 15 is 0 Å². The van der Waals surface area contributed by atoms with Crippen LogP contribution < -0.4 is 25.3 Å². The fourth-order valence-corrected chi connectivity index (χ4v) is 11.5. The van der Waals surface area contributed by atoms with Gasteiger partial charge in [0.1, 0.15) is 8.80 Å². The van der Waals surface area contributed by atoms with Gasteiger partial charge < -0.3 is 4.57 Å². The standard InChI is InChI=1S/C26H21NOSi2/c1-29-24-16-8-4-12-20(24)27(21-13-5-9-17-25(21)29)30-22-14-6-2-10-18(22)26(28)19-11-3-7-15-23(19)30/h2-17,29-30H,1H3. The zero-order chi connectivity index (χ0) is 20.2. The molecule has 0 atom stereocenters. The average Bonchev–Trinajstić information content (AvgIpc) is 2.81. The maximum Gasteiger partial charge on any atom is 0.210 e. The highest BCUT2D eigenvalue weighted by Crippen LogP contribution is 2.30. The number of hydrogen-bond acceptors (Lipinski definition) is 2. The van der Waals surface area contributed by atoms with Crippen LogP contribution in [0.1, 0.15) is 15.9 Å². The van der Waals surface area contributed by atoms with Gasteiger partial charge in [-0.2, -0.15) is 0 Å². The number of hydrogen-bond donors (Lipinski definition) is 0. The molecule has 2 aliphatic heterocycles. The van der Waals surface area contributed by atoms with Crippen LogP contribution in [0.5, 0.6) is 0 Å². The summed E-state index contributed by atoms with van der Waals surface area (Å²) >= 11 is 0. The molecule has 0 saturated carbocycles. The van der Waals surface area contributed by atoms with Gasteiger partial charge in [0.15, 0.2) is 5.78 Å². The molecule has 4 aromatic carbocycles. The predicted molar refractivity (Wildman–Crippen MR) is 130 cm³/mol. The molecule has 0 N–H and O–H groups in total. The lowest BCUT2D eigenvalue weighted by atomic mass is 10.0. The van der Waals surface area contributed by atoms with E-state index in [9.17, 15) is 4.79 Å². The summed E-state index contributed by atoms with van der Waals surface area (Å²) in [5, 5.41) is 5.44. The van der Waals surface area contributed by atoms with E-state index in [-0.39, 0.29) is 5.78 Å². The second-order valence-electron chi connectivity index (χ2n) is 8.12. The highest BCUT2D eigenvalue weighted by atomic mass is 28.3. The van der Waals surface area contributed by atoms with Gasteiger partial charge in [0.05, 0.1) is 0 Å². The lowest BCUT2D eigenvalue weighted by Gasteiger charge is -2.43. The normalized spacial score (nSPS) is 15.2. The van der Waals surface area contributed by atoms with Crippen LogP contribution in [0.15, 0.2) is 97.1 Å². The monoisotopic (exact) mass is 419 g/mol. The molecule has 0 bridgehead atoms. The van der Waals surface area contributed by atoms with Gasteiger partial charge in [0.2, 0.25) is 8.96 Å². The molecular weight excluding hydrogens is 398 g/mol. The molecular formula is C26H21NOSi2. The second kappa shape index (κ2) is 6.65. The minimum atomic E-state index is -1.91. The van der Waals surface area contributed by atoms with Gasteiger partial charge in [-0.15, -0.1) is 0 Å². The summed E-state index contributed by atoms with van der Waals surface area (Å²) in [5.41, 5.74) is 4.43. The van der Waals surface area contributed by atoms with Gasteiger partial charge in [-0.05, 0) is 32.9 Å². The number of fused-ring (bicyclic) bond motifs is 4. The first-order valence-electron chi connectivity index (χ1n) is 10.5. The average molecular weight is 420 g/mol. The summed E-state index contributed by atoms with van der Waals surface area (Å²) in [6, 6.07) is 34.4. The number of anilines is 2. The number of para-hydroxylation sites is 2. The molecule has 4 heteroatoms. The van der Waals surface area contributed by atoms with Crippen molar-refractivity contribution in [1.29, 1.82) is 0 Å². The molecule has 0 aromatic heterocycles. The van der Waals surface area contributed by atoms with Crippen LogP contribution in [0.25, 0.3) is 0 Å². The van der Waals surface area contributed by atoms with Crippen LogP contribution >= 0.6 is 0 Å². The minimum Gasteiger partial charge on any atom is -0.363 e. The molecule has 30 heavy (non-hydrogen) atoms. The molecule has 0 spiro atoms. The van der Waals surface area contributed by atoms with Crippen molar-refractivity contribution in [1.82, 2.24) is 0 Å². The summed E-state index contributed by atoms with van der Waals surface area (Å²) in [7, 11) is -3.16. The summed E-state index contributed by atoms with van der Waals surface area (Å²) < 4.78 is 2.61. The van der Waals surface area contributed by atoms with Gasteiger partial charge in [0.25, 0.3) is 0 Å². The zero-order valence-corrected chi connectivity index (χ0v) is 19.1. The Bertz CT molecular complexity index is 1220. The molecule has 6 rings (SSSR count). The molecule has 0 amide bonds. The number of ketones is 1. The highest BCUT2D eigenvalue weighted by molar-refractivity contribution is 6.95. The number of carbonyl (C=O) groups excluding carboxylic acids is 1. The van der Waals surface area contributed by atoms with Crippen molar-refractivity contribution >= 4 is 55.7 Å². The molecule has 144 valence electrons. The van der Waals surface area contributed by atoms with Gasteiger partial charge >= 0.3 is 0 Å². The van der Waals surface area contributed by atoms with Crippen molar-refractivity contribution in [3.05, 3.63) is 108 Å². The van der Waals surface area contributed by atoms with Crippen LogP contribution in [0.2, 0.25) is 6.55 Å². The number of nitrogens with zero attached hydrogens (tertiary/aromatic N) is 1. The third-order valence-corrected chi connectivity index (χ3v) is 12.7. The van der Waals surface area contributed by atoms with Crippen LogP contribution in [0.3, 0.4) is 0 Å². The third-order valence-electron chi connectivity index (χ3n) is 6.58. The maximum absolute atomic E-state index is 13.3. The van der Waals surface area contributed by atoms with Gasteiger partial charge in [-0.3, -0.25) is 4.79 Å². The SMILES string of the molecule is C[SiH]1c2ccccc2N([SiH]2c3ccccc3C(=O)c3ccccc32)c2ccccc21. The lowest BCUT2D eigenvalue weighted by molar-refractivity contribution is 0.104. The molecule has 0 saturated heterocycles. The highest BCUT2D eigenvalue weighted by Gasteiger charge is 2.40. The second-order valence-corrected chi connectivity index (χ2v) is 13.4. The Morgan fingerprint density at radius 3 is 1.47 bits per heavy atom. The van der Waals surface area contributed by atoms with E-state index in [0.29, 0.717) is 0 Å². The Kier molecular flexibility index (Phi) is 3.91. The van der Waals surface area contributed by atoms with E-state index in [2.05, 4.69) is 83.9 Å². The van der Waals surface area contributed by atoms with Crippen LogP contribution in [-0.2, 0) is 0 Å². The molecule has 2 aliphatic rings. The van der Waals surface area contributed by atoms with Crippen molar-refractivity contribution in [3.63, 3.8) is 0 Å². The van der Waals surface area contributed by atoms with E-state index in [1.165, 1.54) is 32.1 Å². The number of rotatable bonds is 1. The predicted octanol–water partition coefficient (Wildman–Crippen LogP) is 2.19. The Labute approximate surface area is 179 Å². The lowest BCUT2D eigenvalue weighted by Crippen LogP contribution is -2.64. The summed E-state index contributed by atoms with van der Waals surface area (Å²) in [6.07, 6.45) is 0. The third kappa shape index (κ3) is 2.38. The quantitative estimate of drug-likeness (QED) is 0.441. The summed E-state index contributed by atoms with van der Waals surface area (Å²) in [6.45, 7) is 2.43. The topological polar surface area (TPSA) is 20.3 Å². The first-order chi connectivity index (χ1) is 14.8. The van der Waals surface area contributed by atoms with Gasteiger partial charge in [0, 0.05) is 22.5 Å². The molecule has 0 unspecified atom stereocenters. The van der Waals surface area contributed by atoms with Crippen molar-refractivity contribution in [2.45, 2.75) is 6.55 Å². The van der Waals surface area contributed by atoms with Gasteiger partial charge in [-0.25, -0.2) is 0 Å². The molecule has 0 aliphatic carbocycles. The van der Waals surface area contributed by atoms with Crippen molar-refractivity contribution in [3.8, 4) is 0 Å². The molecule has 0 fully saturated rings. The fraction of sp³-hybridized carbons (Fsp3) is 0.0385. The van der Waals surface area contributed by atoms with Crippen LogP contribution in [0, 0.1) is 0 Å². The smallest absolute Gasteiger partial charge is 0.210 e. The fourth-order valence-electron chi connectivity index (χ4n) is 5.20. The van der Waals surface area contributed by atoms with E-state index in [1.54, 1.807) is 0 Å². The first kappa shape index (κ1) is 17.6. The first-order valence-corrected chi connectivity index (χ1v) is 14.4. The van der Waals surface area contributed by atoms with E-state index in [0.717, 1.165) is 11.1 Å². The van der Waals surface area contributed by atoms with Crippen molar-refractivity contribution in [2.75, 3.05) is 4.57 Å². The van der Waals surface area contributed by atoms with E-state index in [4.69, 9.17) is 0 Å².